The molecule has 16 heavy (non-hydrogen) atoms. The molecular formula is C9H12F3N3O. The van der Waals surface area contributed by atoms with Gasteiger partial charge >= 0.3 is 6.18 Å². The maximum Gasteiger partial charge on any atom is 0.396 e. The fourth-order valence-corrected chi connectivity index (χ4v) is 2.12. The summed E-state index contributed by atoms with van der Waals surface area (Å²) >= 11 is 0. The van der Waals surface area contributed by atoms with Crippen LogP contribution < -0.4 is 10.9 Å². The van der Waals surface area contributed by atoms with Gasteiger partial charge in [-0.3, -0.25) is 14.6 Å². The molecule has 2 unspecified atom stereocenters. The smallest absolute Gasteiger partial charge is 0.368 e. The molecule has 7 heteroatoms. The summed E-state index contributed by atoms with van der Waals surface area (Å²) in [6, 6.07) is -0.305. The third kappa shape index (κ3) is 1.60. The van der Waals surface area contributed by atoms with E-state index in [2.05, 4.69) is 10.4 Å². The number of aromatic nitrogens is 2. The van der Waals surface area contributed by atoms with Crippen molar-refractivity contribution in [2.75, 3.05) is 5.32 Å². The molecule has 0 aromatic carbocycles. The first kappa shape index (κ1) is 11.1. The first-order valence-corrected chi connectivity index (χ1v) is 4.93. The minimum atomic E-state index is -4.38. The molecule has 1 aromatic rings. The predicted molar refractivity (Wildman–Crippen MR) is 52.5 cm³/mol. The van der Waals surface area contributed by atoms with Crippen molar-refractivity contribution in [3.8, 4) is 0 Å². The summed E-state index contributed by atoms with van der Waals surface area (Å²) in [6.07, 6.45) is -4.48. The lowest BCUT2D eigenvalue weighted by molar-refractivity contribution is -0.153. The molecule has 2 rings (SSSR count). The molecular weight excluding hydrogens is 223 g/mol. The normalized spacial score (nSPS) is 25.1. The predicted octanol–water partition coefficient (Wildman–Crippen LogP) is 1.56. The number of aromatic amines is 1. The molecule has 2 N–H and O–H groups in total. The lowest BCUT2D eigenvalue weighted by atomic mass is 9.90. The molecule has 0 aliphatic carbocycles. The van der Waals surface area contributed by atoms with Crippen LogP contribution in [0.3, 0.4) is 0 Å². The van der Waals surface area contributed by atoms with Crippen molar-refractivity contribution >= 4 is 5.82 Å². The van der Waals surface area contributed by atoms with Gasteiger partial charge in [0.25, 0.3) is 5.56 Å². The van der Waals surface area contributed by atoms with Crippen molar-refractivity contribution < 1.29 is 13.2 Å². The quantitative estimate of drug-likeness (QED) is 0.717. The number of anilines is 1. The first-order valence-electron chi connectivity index (χ1n) is 4.93. The van der Waals surface area contributed by atoms with E-state index in [-0.39, 0.29) is 23.8 Å². The largest absolute Gasteiger partial charge is 0.396 e. The lowest BCUT2D eigenvalue weighted by Gasteiger charge is -2.29. The Hall–Kier alpha value is -1.40. The second kappa shape index (κ2) is 3.29. The summed E-state index contributed by atoms with van der Waals surface area (Å²) < 4.78 is 39.7. The molecule has 2 atom stereocenters. The Morgan fingerprint density at radius 2 is 2.06 bits per heavy atom. The van der Waals surface area contributed by atoms with Gasteiger partial charge in [0.1, 0.15) is 5.82 Å². The highest BCUT2D eigenvalue weighted by Crippen LogP contribution is 2.42. The van der Waals surface area contributed by atoms with Crippen LogP contribution in [0.2, 0.25) is 0 Å². The Morgan fingerprint density at radius 3 is 2.62 bits per heavy atom. The topological polar surface area (TPSA) is 49.8 Å². The summed E-state index contributed by atoms with van der Waals surface area (Å²) in [5, 5.41) is 5.22. The van der Waals surface area contributed by atoms with Crippen molar-refractivity contribution in [2.45, 2.75) is 31.5 Å². The van der Waals surface area contributed by atoms with Crippen molar-refractivity contribution in [3.05, 3.63) is 15.9 Å². The van der Waals surface area contributed by atoms with E-state index in [0.29, 0.717) is 0 Å². The van der Waals surface area contributed by atoms with Gasteiger partial charge in [-0.1, -0.05) is 0 Å². The molecule has 2 heterocycles. The van der Waals surface area contributed by atoms with E-state index in [1.54, 1.807) is 6.92 Å². The summed E-state index contributed by atoms with van der Waals surface area (Å²) in [6.45, 7) is 1.67. The Bertz CT molecular complexity index is 460. The summed E-state index contributed by atoms with van der Waals surface area (Å²) in [7, 11) is 1.51. The first-order chi connectivity index (χ1) is 7.30. The van der Waals surface area contributed by atoms with E-state index < -0.39 is 17.7 Å². The highest BCUT2D eigenvalue weighted by molar-refractivity contribution is 5.50. The third-order valence-corrected chi connectivity index (χ3v) is 2.82. The highest BCUT2D eigenvalue weighted by atomic mass is 19.4. The molecule has 1 aliphatic rings. The maximum atomic E-state index is 12.8. The zero-order valence-corrected chi connectivity index (χ0v) is 8.85. The second-order valence-corrected chi connectivity index (χ2v) is 4.14. The zero-order valence-electron chi connectivity index (χ0n) is 8.85. The van der Waals surface area contributed by atoms with Crippen molar-refractivity contribution in [3.63, 3.8) is 0 Å². The van der Waals surface area contributed by atoms with Crippen LogP contribution in [0, 0.1) is 0 Å². The summed E-state index contributed by atoms with van der Waals surface area (Å²) in [5.74, 6) is -1.44. The Kier molecular flexibility index (Phi) is 2.28. The molecule has 90 valence electrons. The van der Waals surface area contributed by atoms with Gasteiger partial charge in [-0.05, 0) is 13.3 Å². The molecule has 0 saturated carbocycles. The Morgan fingerprint density at radius 1 is 1.44 bits per heavy atom. The molecule has 0 spiro atoms. The lowest BCUT2D eigenvalue weighted by Crippen LogP contribution is -2.35. The number of halogens is 3. The number of rotatable bonds is 0. The van der Waals surface area contributed by atoms with Gasteiger partial charge in [-0.25, -0.2) is 0 Å². The number of nitrogens with one attached hydrogen (secondary N) is 2. The van der Waals surface area contributed by atoms with Crippen LogP contribution in [0.1, 0.15) is 24.8 Å². The highest BCUT2D eigenvalue weighted by Gasteiger charge is 2.47. The number of hydrogen-bond acceptors (Lipinski definition) is 2. The summed E-state index contributed by atoms with van der Waals surface area (Å²) in [5.41, 5.74) is -0.868. The van der Waals surface area contributed by atoms with Gasteiger partial charge in [-0.15, -0.1) is 0 Å². The van der Waals surface area contributed by atoms with Gasteiger partial charge in [0.05, 0.1) is 11.5 Å². The fourth-order valence-electron chi connectivity index (χ4n) is 2.12. The van der Waals surface area contributed by atoms with Crippen molar-refractivity contribution in [1.29, 1.82) is 0 Å². The number of alkyl halides is 3. The Balaban J connectivity index is 2.58. The van der Waals surface area contributed by atoms with Crippen LogP contribution in [-0.4, -0.2) is 22.0 Å². The molecule has 0 amide bonds. The van der Waals surface area contributed by atoms with Gasteiger partial charge in [0, 0.05) is 13.1 Å². The van der Waals surface area contributed by atoms with Gasteiger partial charge in [0.15, 0.2) is 0 Å². The van der Waals surface area contributed by atoms with Crippen LogP contribution in [0.15, 0.2) is 4.79 Å². The van der Waals surface area contributed by atoms with Crippen LogP contribution in [0.5, 0.6) is 0 Å². The summed E-state index contributed by atoms with van der Waals surface area (Å²) in [4.78, 5) is 11.4. The van der Waals surface area contributed by atoms with E-state index in [1.807, 2.05) is 0 Å². The van der Waals surface area contributed by atoms with Gasteiger partial charge in [-0.2, -0.15) is 13.2 Å². The average molecular weight is 235 g/mol. The number of nitrogens with zero attached hydrogens (tertiary/aromatic N) is 1. The second-order valence-electron chi connectivity index (χ2n) is 4.14. The van der Waals surface area contributed by atoms with E-state index in [9.17, 15) is 18.0 Å². The number of aryl methyl sites for hydroxylation is 1. The van der Waals surface area contributed by atoms with Gasteiger partial charge in [0.2, 0.25) is 0 Å². The monoisotopic (exact) mass is 235 g/mol. The van der Waals surface area contributed by atoms with Crippen molar-refractivity contribution in [1.82, 2.24) is 9.78 Å². The molecule has 0 saturated heterocycles. The maximum absolute atomic E-state index is 12.8. The van der Waals surface area contributed by atoms with E-state index in [0.717, 1.165) is 0 Å². The average Bonchev–Trinajstić information content (AvgIpc) is 2.40. The number of fused-ring (bicyclic) bond motifs is 1. The molecule has 0 bridgehead atoms. The fraction of sp³-hybridized carbons (Fsp3) is 0.667. The molecule has 0 fully saturated rings. The SMILES string of the molecule is CC1CC(C(F)(F)F)c2c(n(C)[nH]c2=O)N1. The van der Waals surface area contributed by atoms with Gasteiger partial charge < -0.3 is 5.32 Å². The van der Waals surface area contributed by atoms with Crippen LogP contribution in [0.4, 0.5) is 19.0 Å². The zero-order chi connectivity index (χ0) is 12.1. The van der Waals surface area contributed by atoms with Crippen LogP contribution in [-0.2, 0) is 7.05 Å². The van der Waals surface area contributed by atoms with E-state index >= 15 is 0 Å². The minimum Gasteiger partial charge on any atom is -0.368 e. The van der Waals surface area contributed by atoms with Crippen LogP contribution in [0.25, 0.3) is 0 Å². The standard InChI is InChI=1S/C9H12F3N3O/c1-4-3-5(9(10,11)12)6-7(13-4)15(2)14-8(6)16/h4-5,13H,3H2,1-2H3,(H,14,16). The van der Waals surface area contributed by atoms with Crippen molar-refractivity contribution in [2.24, 2.45) is 7.05 Å². The molecule has 0 radical (unpaired) electrons. The molecule has 4 nitrogen and oxygen atoms in total. The van der Waals surface area contributed by atoms with Crippen LogP contribution >= 0.6 is 0 Å². The third-order valence-electron chi connectivity index (χ3n) is 2.82. The van der Waals surface area contributed by atoms with E-state index in [4.69, 9.17) is 0 Å². The molecule has 1 aliphatic heterocycles. The number of H-pyrrole nitrogens is 1. The van der Waals surface area contributed by atoms with E-state index in [1.165, 1.54) is 11.7 Å². The molecule has 1 aromatic heterocycles. The number of hydrogen-bond donors (Lipinski definition) is 2. The Labute approximate surface area is 89.4 Å². The minimum absolute atomic E-state index is 0.108.